The molecular formula is C24H19FN4O2S. The Morgan fingerprint density at radius 2 is 1.81 bits per heavy atom. The van der Waals surface area contributed by atoms with Gasteiger partial charge in [-0.25, -0.2) is 14.4 Å². The lowest BCUT2D eigenvalue weighted by Gasteiger charge is -2.11. The molecule has 3 heterocycles. The fourth-order valence-corrected chi connectivity index (χ4v) is 4.51. The summed E-state index contributed by atoms with van der Waals surface area (Å²) in [4.78, 5) is 25.7. The number of thioether (sulfide) groups is 1. The zero-order valence-corrected chi connectivity index (χ0v) is 18.2. The molecule has 0 atom stereocenters. The summed E-state index contributed by atoms with van der Waals surface area (Å²) in [6, 6.07) is 17.3. The van der Waals surface area contributed by atoms with Crippen LogP contribution < -0.4 is 5.56 Å². The predicted octanol–water partition coefficient (Wildman–Crippen LogP) is 5.42. The molecule has 3 aromatic heterocycles. The first-order chi connectivity index (χ1) is 15.5. The van der Waals surface area contributed by atoms with Gasteiger partial charge in [0.15, 0.2) is 5.16 Å². The van der Waals surface area contributed by atoms with Gasteiger partial charge in [-0.1, -0.05) is 30.0 Å². The van der Waals surface area contributed by atoms with Gasteiger partial charge in [0, 0.05) is 17.0 Å². The highest BCUT2D eigenvalue weighted by Crippen LogP contribution is 2.28. The van der Waals surface area contributed by atoms with Crippen LogP contribution in [0, 0.1) is 19.7 Å². The monoisotopic (exact) mass is 446 g/mol. The van der Waals surface area contributed by atoms with E-state index in [2.05, 4.69) is 9.97 Å². The molecule has 5 aromatic rings. The first kappa shape index (κ1) is 20.3. The van der Waals surface area contributed by atoms with Crippen molar-refractivity contribution in [2.24, 2.45) is 0 Å². The Morgan fingerprint density at radius 1 is 1.06 bits per heavy atom. The molecule has 1 N–H and O–H groups in total. The summed E-state index contributed by atoms with van der Waals surface area (Å²) < 4.78 is 20.8. The van der Waals surface area contributed by atoms with Crippen molar-refractivity contribution >= 4 is 22.8 Å². The van der Waals surface area contributed by atoms with Crippen molar-refractivity contribution in [2.45, 2.75) is 24.8 Å². The number of benzene rings is 2. The lowest BCUT2D eigenvalue weighted by atomic mass is 10.2. The number of nitrogens with one attached hydrogen (secondary N) is 1. The van der Waals surface area contributed by atoms with Crippen molar-refractivity contribution < 1.29 is 8.81 Å². The zero-order valence-electron chi connectivity index (χ0n) is 17.4. The molecule has 0 aliphatic heterocycles. The molecule has 5 rings (SSSR count). The van der Waals surface area contributed by atoms with Crippen molar-refractivity contribution in [2.75, 3.05) is 0 Å². The third-order valence-electron chi connectivity index (χ3n) is 5.09. The summed E-state index contributed by atoms with van der Waals surface area (Å²) in [6.45, 7) is 3.74. The average Bonchev–Trinajstić information content (AvgIpc) is 3.36. The Kier molecular flexibility index (Phi) is 5.14. The summed E-state index contributed by atoms with van der Waals surface area (Å²) >= 11 is 1.38. The number of fused-ring (bicyclic) bond motifs is 1. The Bertz CT molecular complexity index is 1470. The SMILES string of the molecule is Cc1cc2nc(SCc3nc(-c4ccccc4)oc3C)n(-c3ccc(F)cc3)c(=O)c2[nH]1. The molecule has 0 amide bonds. The number of halogens is 1. The smallest absolute Gasteiger partial charge is 0.283 e. The maximum Gasteiger partial charge on any atom is 0.283 e. The van der Waals surface area contributed by atoms with Crippen LogP contribution in [0.1, 0.15) is 17.1 Å². The predicted molar refractivity (Wildman–Crippen MR) is 123 cm³/mol. The van der Waals surface area contributed by atoms with Crippen molar-refractivity contribution in [1.82, 2.24) is 19.5 Å². The maximum absolute atomic E-state index is 13.5. The van der Waals surface area contributed by atoms with E-state index in [1.54, 1.807) is 12.1 Å². The molecule has 0 saturated heterocycles. The van der Waals surface area contributed by atoms with Gasteiger partial charge in [0.05, 0.1) is 16.9 Å². The van der Waals surface area contributed by atoms with Crippen LogP contribution in [0.4, 0.5) is 4.39 Å². The summed E-state index contributed by atoms with van der Waals surface area (Å²) in [5.74, 6) is 1.36. The molecule has 0 aliphatic carbocycles. The van der Waals surface area contributed by atoms with E-state index in [1.807, 2.05) is 50.2 Å². The van der Waals surface area contributed by atoms with Gasteiger partial charge in [0.2, 0.25) is 5.89 Å². The quantitative estimate of drug-likeness (QED) is 0.288. The first-order valence-corrected chi connectivity index (χ1v) is 11.0. The summed E-state index contributed by atoms with van der Waals surface area (Å²) in [6.07, 6.45) is 0. The molecule has 32 heavy (non-hydrogen) atoms. The van der Waals surface area contributed by atoms with Gasteiger partial charge >= 0.3 is 0 Å². The molecule has 160 valence electrons. The van der Waals surface area contributed by atoms with E-state index in [0.717, 1.165) is 17.0 Å². The second-order valence-corrected chi connectivity index (χ2v) is 8.34. The lowest BCUT2D eigenvalue weighted by molar-refractivity contribution is 0.540. The number of hydrogen-bond acceptors (Lipinski definition) is 5. The third kappa shape index (κ3) is 3.73. The van der Waals surface area contributed by atoms with Crippen LogP contribution >= 0.6 is 11.8 Å². The minimum atomic E-state index is -0.368. The summed E-state index contributed by atoms with van der Waals surface area (Å²) in [5.41, 5.74) is 3.84. The van der Waals surface area contributed by atoms with E-state index in [9.17, 15) is 9.18 Å². The highest BCUT2D eigenvalue weighted by atomic mass is 32.2. The van der Waals surface area contributed by atoms with Crippen molar-refractivity contribution in [3.63, 3.8) is 0 Å². The van der Waals surface area contributed by atoms with Gasteiger partial charge < -0.3 is 9.40 Å². The molecule has 0 fully saturated rings. The van der Waals surface area contributed by atoms with E-state index in [0.29, 0.717) is 39.3 Å². The number of aromatic amines is 1. The lowest BCUT2D eigenvalue weighted by Crippen LogP contribution is -2.21. The normalized spacial score (nSPS) is 11.3. The molecule has 0 saturated carbocycles. The largest absolute Gasteiger partial charge is 0.441 e. The number of nitrogens with zero attached hydrogens (tertiary/aromatic N) is 3. The Morgan fingerprint density at radius 3 is 2.56 bits per heavy atom. The fourth-order valence-electron chi connectivity index (χ4n) is 3.49. The fraction of sp³-hybridized carbons (Fsp3) is 0.125. The molecule has 0 radical (unpaired) electrons. The van der Waals surface area contributed by atoms with Crippen LogP contribution in [0.2, 0.25) is 0 Å². The minimum Gasteiger partial charge on any atom is -0.441 e. The van der Waals surface area contributed by atoms with Crippen LogP contribution in [-0.2, 0) is 5.75 Å². The summed E-state index contributed by atoms with van der Waals surface area (Å²) in [5, 5.41) is 0.497. The zero-order chi connectivity index (χ0) is 22.2. The Labute approximate surface area is 187 Å². The highest BCUT2D eigenvalue weighted by Gasteiger charge is 2.17. The maximum atomic E-state index is 13.5. The highest BCUT2D eigenvalue weighted by molar-refractivity contribution is 7.98. The van der Waals surface area contributed by atoms with E-state index in [-0.39, 0.29) is 11.4 Å². The molecular weight excluding hydrogens is 427 g/mol. The van der Waals surface area contributed by atoms with Gasteiger partial charge in [-0.3, -0.25) is 9.36 Å². The average molecular weight is 447 g/mol. The number of rotatable bonds is 5. The Balaban J connectivity index is 1.54. The molecule has 0 bridgehead atoms. The second-order valence-electron chi connectivity index (χ2n) is 7.40. The van der Waals surface area contributed by atoms with Crippen molar-refractivity contribution in [3.8, 4) is 17.1 Å². The number of hydrogen-bond donors (Lipinski definition) is 1. The van der Waals surface area contributed by atoms with Gasteiger partial charge in [0.1, 0.15) is 17.1 Å². The topological polar surface area (TPSA) is 76.7 Å². The van der Waals surface area contributed by atoms with E-state index >= 15 is 0 Å². The molecule has 0 aliphatic rings. The molecule has 8 heteroatoms. The van der Waals surface area contributed by atoms with Crippen molar-refractivity contribution in [1.29, 1.82) is 0 Å². The van der Waals surface area contributed by atoms with Gasteiger partial charge in [-0.05, 0) is 56.3 Å². The van der Waals surface area contributed by atoms with Crippen LogP contribution in [0.15, 0.2) is 75.0 Å². The number of aromatic nitrogens is 4. The third-order valence-corrected chi connectivity index (χ3v) is 6.04. The second kappa shape index (κ2) is 8.12. The van der Waals surface area contributed by atoms with E-state index < -0.39 is 0 Å². The molecule has 6 nitrogen and oxygen atoms in total. The van der Waals surface area contributed by atoms with E-state index in [1.165, 1.54) is 28.5 Å². The van der Waals surface area contributed by atoms with Crippen LogP contribution in [0.25, 0.3) is 28.2 Å². The minimum absolute atomic E-state index is 0.237. The van der Waals surface area contributed by atoms with Crippen LogP contribution in [0.3, 0.4) is 0 Å². The summed E-state index contributed by atoms with van der Waals surface area (Å²) in [7, 11) is 0. The standard InChI is InChI=1S/C24H19FN4O2S/c1-14-12-19-21(26-14)23(30)29(18-10-8-17(25)9-11-18)24(28-19)32-13-20-15(2)31-22(27-20)16-6-4-3-5-7-16/h3-12,26H,13H2,1-2H3. The number of aryl methyl sites for hydroxylation is 2. The van der Waals surface area contributed by atoms with Crippen molar-refractivity contribution in [3.05, 3.63) is 94.0 Å². The molecule has 0 unspecified atom stereocenters. The number of H-pyrrole nitrogens is 1. The van der Waals surface area contributed by atoms with Crippen LogP contribution in [0.5, 0.6) is 0 Å². The van der Waals surface area contributed by atoms with Gasteiger partial charge in [-0.15, -0.1) is 0 Å². The van der Waals surface area contributed by atoms with Crippen LogP contribution in [-0.4, -0.2) is 19.5 Å². The molecule has 2 aromatic carbocycles. The Hall–Kier alpha value is -3.65. The number of oxazole rings is 1. The van der Waals surface area contributed by atoms with Gasteiger partial charge in [-0.2, -0.15) is 0 Å². The van der Waals surface area contributed by atoms with Gasteiger partial charge in [0.25, 0.3) is 5.56 Å². The molecule has 0 spiro atoms. The van der Waals surface area contributed by atoms with E-state index in [4.69, 9.17) is 9.40 Å². The first-order valence-electron chi connectivity index (χ1n) is 10.0.